The predicted molar refractivity (Wildman–Crippen MR) is 78.8 cm³/mol. The zero-order chi connectivity index (χ0) is 13.0. The van der Waals surface area contributed by atoms with Gasteiger partial charge in [-0.05, 0) is 47.9 Å². The largest absolute Gasteiger partial charge is 0.387 e. The van der Waals surface area contributed by atoms with E-state index >= 15 is 0 Å². The van der Waals surface area contributed by atoms with Gasteiger partial charge >= 0.3 is 0 Å². The number of rotatable bonds is 2. The lowest BCUT2D eigenvalue weighted by Crippen LogP contribution is -2.00. The van der Waals surface area contributed by atoms with E-state index in [0.717, 1.165) is 15.6 Å². The quantitative estimate of drug-likeness (QED) is 0.868. The van der Waals surface area contributed by atoms with E-state index in [9.17, 15) is 5.11 Å². The van der Waals surface area contributed by atoms with Gasteiger partial charge in [-0.2, -0.15) is 0 Å². The molecule has 1 aromatic heterocycles. The molecule has 1 aromatic carbocycles. The molecule has 19 heavy (non-hydrogen) atoms. The average molecular weight is 291 g/mol. The van der Waals surface area contributed by atoms with E-state index < -0.39 is 0 Å². The van der Waals surface area contributed by atoms with Gasteiger partial charge in [0.15, 0.2) is 0 Å². The number of thiophene rings is 1. The Hall–Kier alpha value is -0.830. The third-order valence-electron chi connectivity index (χ3n) is 4.64. The first-order valence-corrected chi connectivity index (χ1v) is 7.96. The Morgan fingerprint density at radius 3 is 2.84 bits per heavy atom. The zero-order valence-electron chi connectivity index (χ0n) is 10.4. The van der Waals surface area contributed by atoms with Crippen LogP contribution in [0.4, 0.5) is 0 Å². The zero-order valence-corrected chi connectivity index (χ0v) is 12.0. The van der Waals surface area contributed by atoms with Gasteiger partial charge < -0.3 is 5.11 Å². The van der Waals surface area contributed by atoms with E-state index in [0.29, 0.717) is 17.8 Å². The van der Waals surface area contributed by atoms with E-state index in [4.69, 9.17) is 11.6 Å². The van der Waals surface area contributed by atoms with Crippen molar-refractivity contribution in [3.63, 3.8) is 0 Å². The summed E-state index contributed by atoms with van der Waals surface area (Å²) >= 11 is 7.48. The molecule has 1 fully saturated rings. The van der Waals surface area contributed by atoms with Crippen LogP contribution in [0.3, 0.4) is 0 Å². The van der Waals surface area contributed by atoms with Crippen LogP contribution in [0.1, 0.15) is 34.4 Å². The smallest absolute Gasteiger partial charge is 0.0932 e. The summed E-state index contributed by atoms with van der Waals surface area (Å²) in [4.78, 5) is 1.02. The highest BCUT2D eigenvalue weighted by atomic mass is 35.5. The van der Waals surface area contributed by atoms with Gasteiger partial charge in [0.2, 0.25) is 0 Å². The maximum absolute atomic E-state index is 10.6. The molecule has 0 radical (unpaired) electrons. The Morgan fingerprint density at radius 1 is 1.21 bits per heavy atom. The third-order valence-corrected chi connectivity index (χ3v) is 5.94. The molecule has 1 N–H and O–H groups in total. The third kappa shape index (κ3) is 1.85. The highest BCUT2D eigenvalue weighted by Gasteiger charge is 2.56. The highest BCUT2D eigenvalue weighted by Crippen LogP contribution is 2.64. The Bertz CT molecular complexity index is 621. The summed E-state index contributed by atoms with van der Waals surface area (Å²) in [5, 5.41) is 10.6. The van der Waals surface area contributed by atoms with Gasteiger partial charge in [-0.3, -0.25) is 0 Å². The SMILES string of the molecule is OC(c1ccc(Cl)s1)C1C2CCc3ccccc3C21. The second kappa shape index (κ2) is 4.34. The minimum atomic E-state index is -0.348. The molecular formula is C16H15ClOS. The number of fused-ring (bicyclic) bond motifs is 3. The molecule has 4 atom stereocenters. The summed E-state index contributed by atoms with van der Waals surface area (Å²) < 4.78 is 0.762. The van der Waals surface area contributed by atoms with Gasteiger partial charge in [0, 0.05) is 10.8 Å². The maximum atomic E-state index is 10.6. The lowest BCUT2D eigenvalue weighted by Gasteiger charge is -2.13. The van der Waals surface area contributed by atoms with Gasteiger partial charge in [-0.15, -0.1) is 11.3 Å². The van der Waals surface area contributed by atoms with Crippen LogP contribution in [0, 0.1) is 11.8 Å². The molecule has 0 bridgehead atoms. The van der Waals surface area contributed by atoms with Crippen molar-refractivity contribution in [2.75, 3.05) is 0 Å². The Balaban J connectivity index is 1.63. The number of aliphatic hydroxyl groups is 1. The van der Waals surface area contributed by atoms with Crippen molar-refractivity contribution >= 4 is 22.9 Å². The van der Waals surface area contributed by atoms with Crippen LogP contribution in [-0.2, 0) is 6.42 Å². The average Bonchev–Trinajstić information content (AvgIpc) is 3.03. The second-order valence-electron chi connectivity index (χ2n) is 5.59. The fourth-order valence-electron chi connectivity index (χ4n) is 3.73. The van der Waals surface area contributed by atoms with E-state index in [1.165, 1.54) is 28.9 Å². The summed E-state index contributed by atoms with van der Waals surface area (Å²) in [6, 6.07) is 12.5. The minimum absolute atomic E-state index is 0.348. The minimum Gasteiger partial charge on any atom is -0.387 e. The Morgan fingerprint density at radius 2 is 2.05 bits per heavy atom. The number of benzene rings is 1. The van der Waals surface area contributed by atoms with Crippen molar-refractivity contribution < 1.29 is 5.11 Å². The molecule has 2 aliphatic rings. The van der Waals surface area contributed by atoms with Gasteiger partial charge in [-0.1, -0.05) is 35.9 Å². The summed E-state index contributed by atoms with van der Waals surface area (Å²) in [7, 11) is 0. The second-order valence-corrected chi connectivity index (χ2v) is 7.34. The molecule has 4 unspecified atom stereocenters. The number of hydrogen-bond donors (Lipinski definition) is 1. The summed E-state index contributed by atoms with van der Waals surface area (Å²) in [5.74, 6) is 1.60. The topological polar surface area (TPSA) is 20.2 Å². The monoisotopic (exact) mass is 290 g/mol. The van der Waals surface area contributed by atoms with Crippen LogP contribution in [0.2, 0.25) is 4.34 Å². The molecule has 0 saturated heterocycles. The number of aliphatic hydroxyl groups excluding tert-OH is 1. The molecule has 2 aliphatic carbocycles. The van der Waals surface area contributed by atoms with Crippen LogP contribution >= 0.6 is 22.9 Å². The molecule has 1 saturated carbocycles. The van der Waals surface area contributed by atoms with Crippen molar-refractivity contribution in [2.24, 2.45) is 11.8 Å². The predicted octanol–water partition coefficient (Wildman–Crippen LogP) is 4.41. The molecule has 3 heteroatoms. The summed E-state index contributed by atoms with van der Waals surface area (Å²) in [5.41, 5.74) is 2.94. The van der Waals surface area contributed by atoms with Gasteiger partial charge in [0.25, 0.3) is 0 Å². The molecule has 0 amide bonds. The highest BCUT2D eigenvalue weighted by molar-refractivity contribution is 7.16. The number of halogens is 1. The normalized spacial score (nSPS) is 29.5. The molecular weight excluding hydrogens is 276 g/mol. The molecule has 0 aliphatic heterocycles. The van der Waals surface area contributed by atoms with E-state index in [1.807, 2.05) is 12.1 Å². The standard InChI is InChI=1S/C16H15ClOS/c17-13-8-7-12(19-13)16(18)15-11-6-5-9-3-1-2-4-10(9)14(11)15/h1-4,7-8,11,14-16,18H,5-6H2. The van der Waals surface area contributed by atoms with E-state index in [-0.39, 0.29) is 6.10 Å². The Labute approximate surface area is 121 Å². The fourth-order valence-corrected chi connectivity index (χ4v) is 4.83. The molecule has 1 heterocycles. The van der Waals surface area contributed by atoms with Gasteiger partial charge in [0.05, 0.1) is 10.4 Å². The Kier molecular flexibility index (Phi) is 2.73. The van der Waals surface area contributed by atoms with Crippen molar-refractivity contribution in [3.05, 3.63) is 56.7 Å². The van der Waals surface area contributed by atoms with Crippen LogP contribution in [0.15, 0.2) is 36.4 Å². The molecule has 1 nitrogen and oxygen atoms in total. The summed E-state index contributed by atoms with van der Waals surface area (Å²) in [6.45, 7) is 0. The molecule has 2 aromatic rings. The van der Waals surface area contributed by atoms with E-state index in [2.05, 4.69) is 24.3 Å². The molecule has 98 valence electrons. The first-order chi connectivity index (χ1) is 9.25. The maximum Gasteiger partial charge on any atom is 0.0932 e. The van der Waals surface area contributed by atoms with Crippen molar-refractivity contribution in [2.45, 2.75) is 24.9 Å². The lowest BCUT2D eigenvalue weighted by molar-refractivity contribution is 0.148. The van der Waals surface area contributed by atoms with Crippen molar-refractivity contribution in [3.8, 4) is 0 Å². The van der Waals surface area contributed by atoms with Crippen molar-refractivity contribution in [1.29, 1.82) is 0 Å². The molecule has 4 rings (SSSR count). The first-order valence-electron chi connectivity index (χ1n) is 6.77. The van der Waals surface area contributed by atoms with Gasteiger partial charge in [-0.25, -0.2) is 0 Å². The number of hydrogen-bond acceptors (Lipinski definition) is 2. The lowest BCUT2D eigenvalue weighted by atomic mass is 9.92. The van der Waals surface area contributed by atoms with Gasteiger partial charge in [0.1, 0.15) is 0 Å². The van der Waals surface area contributed by atoms with E-state index in [1.54, 1.807) is 0 Å². The fraction of sp³-hybridized carbons (Fsp3) is 0.375. The van der Waals surface area contributed by atoms with Crippen LogP contribution < -0.4 is 0 Å². The molecule has 0 spiro atoms. The van der Waals surface area contributed by atoms with Crippen LogP contribution in [0.5, 0.6) is 0 Å². The summed E-state index contributed by atoms with van der Waals surface area (Å²) in [6.07, 6.45) is 2.02. The van der Waals surface area contributed by atoms with Crippen molar-refractivity contribution in [1.82, 2.24) is 0 Å². The van der Waals surface area contributed by atoms with Crippen LogP contribution in [0.25, 0.3) is 0 Å². The number of aryl methyl sites for hydroxylation is 1. The first kappa shape index (κ1) is 12.0. The van der Waals surface area contributed by atoms with Crippen LogP contribution in [-0.4, -0.2) is 5.11 Å².